The molecular weight excluding hydrogens is 264 g/mol. The van der Waals surface area contributed by atoms with Gasteiger partial charge in [-0.15, -0.1) is 0 Å². The predicted molar refractivity (Wildman–Crippen MR) is 86.3 cm³/mol. The van der Waals surface area contributed by atoms with Gasteiger partial charge in [0.15, 0.2) is 5.96 Å². The van der Waals surface area contributed by atoms with Crippen molar-refractivity contribution in [2.24, 2.45) is 4.99 Å². The van der Waals surface area contributed by atoms with Crippen molar-refractivity contribution in [1.82, 2.24) is 10.6 Å². The molecule has 1 fully saturated rings. The summed E-state index contributed by atoms with van der Waals surface area (Å²) in [5.41, 5.74) is 1.93. The first-order valence-electron chi connectivity index (χ1n) is 7.51. The lowest BCUT2D eigenvalue weighted by Gasteiger charge is -2.17. The Bertz CT molecular complexity index is 507. The highest BCUT2D eigenvalue weighted by Gasteiger charge is 2.15. The molecule has 1 aliphatic rings. The van der Waals surface area contributed by atoms with Crippen LogP contribution >= 0.6 is 0 Å². The third kappa shape index (κ3) is 5.10. The summed E-state index contributed by atoms with van der Waals surface area (Å²) in [5.74, 6) is 0.783. The largest absolute Gasteiger partial charge is 0.354 e. The third-order valence-corrected chi connectivity index (χ3v) is 3.63. The fourth-order valence-electron chi connectivity index (χ4n) is 2.61. The molecular formula is C16H24N4O. The van der Waals surface area contributed by atoms with Crippen LogP contribution in [-0.2, 0) is 11.3 Å². The number of aliphatic imine (C=N–C) groups is 1. The quantitative estimate of drug-likeness (QED) is 0.588. The molecule has 1 amide bonds. The summed E-state index contributed by atoms with van der Waals surface area (Å²) in [7, 11) is 1.79. The van der Waals surface area contributed by atoms with Crippen LogP contribution in [-0.4, -0.2) is 25.0 Å². The molecule has 0 atom stereocenters. The van der Waals surface area contributed by atoms with Gasteiger partial charge < -0.3 is 16.0 Å². The molecule has 3 N–H and O–H groups in total. The molecule has 0 aliphatic heterocycles. The second-order valence-corrected chi connectivity index (χ2v) is 5.43. The molecule has 1 aromatic rings. The number of hydrogen-bond acceptors (Lipinski definition) is 2. The first kappa shape index (κ1) is 15.4. The van der Waals surface area contributed by atoms with Gasteiger partial charge in [0, 0.05) is 32.2 Å². The second kappa shape index (κ2) is 7.67. The molecule has 0 saturated heterocycles. The lowest BCUT2D eigenvalue weighted by Crippen LogP contribution is -2.41. The van der Waals surface area contributed by atoms with Crippen LogP contribution in [0.25, 0.3) is 0 Å². The van der Waals surface area contributed by atoms with Crippen molar-refractivity contribution in [3.8, 4) is 0 Å². The summed E-state index contributed by atoms with van der Waals surface area (Å²) in [6.07, 6.45) is 5.04. The Hall–Kier alpha value is -2.04. The van der Waals surface area contributed by atoms with Gasteiger partial charge in [-0.1, -0.05) is 25.0 Å². The van der Waals surface area contributed by atoms with Crippen LogP contribution in [0.4, 0.5) is 5.69 Å². The van der Waals surface area contributed by atoms with Gasteiger partial charge in [-0.3, -0.25) is 9.79 Å². The van der Waals surface area contributed by atoms with Gasteiger partial charge in [0.2, 0.25) is 5.91 Å². The normalized spacial score (nSPS) is 15.8. The Balaban J connectivity index is 1.87. The number of hydrogen-bond donors (Lipinski definition) is 3. The molecule has 0 spiro atoms. The van der Waals surface area contributed by atoms with Crippen LogP contribution in [0.15, 0.2) is 29.3 Å². The fourth-order valence-corrected chi connectivity index (χ4v) is 2.61. The van der Waals surface area contributed by atoms with E-state index in [4.69, 9.17) is 0 Å². The Kier molecular flexibility index (Phi) is 5.60. The van der Waals surface area contributed by atoms with Crippen LogP contribution in [0.5, 0.6) is 0 Å². The molecule has 1 aromatic carbocycles. The highest BCUT2D eigenvalue weighted by atomic mass is 16.1. The maximum atomic E-state index is 11.1. The number of carbonyl (C=O) groups is 1. The van der Waals surface area contributed by atoms with E-state index in [1.54, 1.807) is 7.05 Å². The van der Waals surface area contributed by atoms with Crippen molar-refractivity contribution in [2.75, 3.05) is 12.4 Å². The zero-order valence-electron chi connectivity index (χ0n) is 12.8. The molecule has 0 radical (unpaired) electrons. The van der Waals surface area contributed by atoms with Crippen molar-refractivity contribution >= 4 is 17.6 Å². The van der Waals surface area contributed by atoms with Crippen molar-refractivity contribution < 1.29 is 4.79 Å². The summed E-state index contributed by atoms with van der Waals surface area (Å²) in [6.45, 7) is 2.19. The van der Waals surface area contributed by atoms with E-state index in [-0.39, 0.29) is 5.91 Å². The van der Waals surface area contributed by atoms with E-state index < -0.39 is 0 Å². The Morgan fingerprint density at radius 2 is 2.10 bits per heavy atom. The molecule has 1 aliphatic carbocycles. The molecule has 114 valence electrons. The van der Waals surface area contributed by atoms with Crippen molar-refractivity contribution in [1.29, 1.82) is 0 Å². The smallest absolute Gasteiger partial charge is 0.221 e. The number of nitrogens with one attached hydrogen (secondary N) is 3. The van der Waals surface area contributed by atoms with Crippen molar-refractivity contribution in [3.05, 3.63) is 29.8 Å². The first-order valence-corrected chi connectivity index (χ1v) is 7.51. The SMILES string of the molecule is CN=C(NCc1cccc(NC(C)=O)c1)NC1CCCC1. The zero-order chi connectivity index (χ0) is 15.1. The lowest BCUT2D eigenvalue weighted by atomic mass is 10.2. The van der Waals surface area contributed by atoms with Crippen molar-refractivity contribution in [2.45, 2.75) is 45.2 Å². The number of nitrogens with zero attached hydrogens (tertiary/aromatic N) is 1. The van der Waals surface area contributed by atoms with Gasteiger partial charge in [0.25, 0.3) is 0 Å². The minimum atomic E-state index is -0.0566. The molecule has 5 heteroatoms. The number of benzene rings is 1. The van der Waals surface area contributed by atoms with E-state index in [1.165, 1.54) is 32.6 Å². The van der Waals surface area contributed by atoms with Gasteiger partial charge in [0.1, 0.15) is 0 Å². The van der Waals surface area contributed by atoms with Crippen LogP contribution < -0.4 is 16.0 Å². The van der Waals surface area contributed by atoms with Crippen LogP contribution in [0.1, 0.15) is 38.2 Å². The van der Waals surface area contributed by atoms with E-state index in [1.807, 2.05) is 24.3 Å². The van der Waals surface area contributed by atoms with Gasteiger partial charge in [0.05, 0.1) is 0 Å². The van der Waals surface area contributed by atoms with Gasteiger partial charge in [-0.05, 0) is 30.5 Å². The summed E-state index contributed by atoms with van der Waals surface area (Å²) < 4.78 is 0. The number of amides is 1. The molecule has 1 saturated carbocycles. The summed E-state index contributed by atoms with van der Waals surface area (Å²) >= 11 is 0. The highest BCUT2D eigenvalue weighted by molar-refractivity contribution is 5.88. The van der Waals surface area contributed by atoms with E-state index in [0.717, 1.165) is 17.2 Å². The summed E-state index contributed by atoms with van der Waals surface area (Å²) in [5, 5.41) is 9.56. The average Bonchev–Trinajstić information content (AvgIpc) is 2.96. The van der Waals surface area contributed by atoms with Gasteiger partial charge in [-0.2, -0.15) is 0 Å². The summed E-state index contributed by atoms with van der Waals surface area (Å²) in [4.78, 5) is 15.3. The molecule has 5 nitrogen and oxygen atoms in total. The van der Waals surface area contributed by atoms with Gasteiger partial charge in [-0.25, -0.2) is 0 Å². The number of rotatable bonds is 4. The molecule has 0 unspecified atom stereocenters. The second-order valence-electron chi connectivity index (χ2n) is 5.43. The standard InChI is InChI=1S/C16H24N4O/c1-12(21)19-15-9-5-6-13(10-15)11-18-16(17-2)20-14-7-3-4-8-14/h5-6,9-10,14H,3-4,7-8,11H2,1-2H3,(H,19,21)(H2,17,18,20). The first-order chi connectivity index (χ1) is 10.2. The number of carbonyl (C=O) groups excluding carboxylic acids is 1. The Morgan fingerprint density at radius 3 is 2.76 bits per heavy atom. The van der Waals surface area contributed by atoms with Gasteiger partial charge >= 0.3 is 0 Å². The molecule has 21 heavy (non-hydrogen) atoms. The van der Waals surface area contributed by atoms with Crippen molar-refractivity contribution in [3.63, 3.8) is 0 Å². The van der Waals surface area contributed by atoms with E-state index in [0.29, 0.717) is 12.6 Å². The average molecular weight is 288 g/mol. The Labute approximate surface area is 126 Å². The topological polar surface area (TPSA) is 65.5 Å². The minimum absolute atomic E-state index is 0.0566. The highest BCUT2D eigenvalue weighted by Crippen LogP contribution is 2.17. The lowest BCUT2D eigenvalue weighted by molar-refractivity contribution is -0.114. The van der Waals surface area contributed by atoms with E-state index >= 15 is 0 Å². The van der Waals surface area contributed by atoms with Crippen LogP contribution in [0.2, 0.25) is 0 Å². The summed E-state index contributed by atoms with van der Waals surface area (Å²) in [6, 6.07) is 8.37. The number of guanidine groups is 1. The molecule has 0 heterocycles. The maximum Gasteiger partial charge on any atom is 0.221 e. The molecule has 0 aromatic heterocycles. The number of anilines is 1. The molecule has 0 bridgehead atoms. The monoisotopic (exact) mass is 288 g/mol. The van der Waals surface area contributed by atoms with Crippen LogP contribution in [0.3, 0.4) is 0 Å². The fraction of sp³-hybridized carbons (Fsp3) is 0.500. The Morgan fingerprint density at radius 1 is 1.33 bits per heavy atom. The van der Waals surface area contributed by atoms with Crippen LogP contribution in [0, 0.1) is 0 Å². The maximum absolute atomic E-state index is 11.1. The predicted octanol–water partition coefficient (Wildman–Crippen LogP) is 2.25. The van der Waals surface area contributed by atoms with E-state index in [2.05, 4.69) is 20.9 Å². The van der Waals surface area contributed by atoms with E-state index in [9.17, 15) is 4.79 Å². The minimum Gasteiger partial charge on any atom is -0.354 e. The molecule has 2 rings (SSSR count). The third-order valence-electron chi connectivity index (χ3n) is 3.63. The zero-order valence-corrected chi connectivity index (χ0v) is 12.8.